The van der Waals surface area contributed by atoms with Gasteiger partial charge in [0.25, 0.3) is 0 Å². The van der Waals surface area contributed by atoms with Crippen molar-refractivity contribution in [3.8, 4) is 0 Å². The molecule has 1 aliphatic carbocycles. The average molecular weight is 235 g/mol. The molecule has 1 heterocycles. The van der Waals surface area contributed by atoms with E-state index in [2.05, 4.69) is 32.3 Å². The summed E-state index contributed by atoms with van der Waals surface area (Å²) >= 11 is 0. The van der Waals surface area contributed by atoms with Crippen molar-refractivity contribution in [3.63, 3.8) is 0 Å². The average Bonchev–Trinajstić information content (AvgIpc) is 2.18. The van der Waals surface area contributed by atoms with Gasteiger partial charge in [-0.05, 0) is 40.0 Å². The molecule has 0 aromatic rings. The molecule has 2 fully saturated rings. The van der Waals surface area contributed by atoms with Crippen molar-refractivity contribution in [2.75, 3.05) is 13.1 Å². The second-order valence-corrected chi connectivity index (χ2v) is 6.78. The summed E-state index contributed by atoms with van der Waals surface area (Å²) in [6.07, 6.45) is 6.15. The topological polar surface area (TPSA) is 20.3 Å². The largest absolute Gasteiger partial charge is 0.299 e. The van der Waals surface area contributed by atoms with Gasteiger partial charge in [-0.1, -0.05) is 12.5 Å². The van der Waals surface area contributed by atoms with Crippen molar-refractivity contribution in [2.24, 2.45) is 11.3 Å². The molecule has 2 nitrogen and oxygen atoms in total. The molecule has 2 atom stereocenters. The maximum Gasteiger partial charge on any atom is 0.144 e. The van der Waals surface area contributed by atoms with Crippen molar-refractivity contribution in [2.45, 2.75) is 52.0 Å². The van der Waals surface area contributed by atoms with Crippen LogP contribution in [0, 0.1) is 11.3 Å². The molecule has 2 aliphatic rings. The number of carbonyl (C=O) groups is 1. The Kier molecular flexibility index (Phi) is 3.19. The van der Waals surface area contributed by atoms with Crippen LogP contribution in [0.4, 0.5) is 0 Å². The highest BCUT2D eigenvalue weighted by Gasteiger charge is 2.50. The van der Waals surface area contributed by atoms with Crippen LogP contribution in [0.2, 0.25) is 0 Å². The van der Waals surface area contributed by atoms with E-state index < -0.39 is 0 Å². The first-order valence-corrected chi connectivity index (χ1v) is 6.79. The van der Waals surface area contributed by atoms with Gasteiger partial charge in [-0.2, -0.15) is 0 Å². The highest BCUT2D eigenvalue weighted by atomic mass is 16.1. The maximum absolute atomic E-state index is 12.5. The number of fused-ring (bicyclic) bond motifs is 2. The lowest BCUT2D eigenvalue weighted by Crippen LogP contribution is -2.60. The van der Waals surface area contributed by atoms with E-state index in [1.165, 1.54) is 6.42 Å². The van der Waals surface area contributed by atoms with Crippen LogP contribution in [-0.2, 0) is 4.79 Å². The molecular formula is C15H25NO. The Morgan fingerprint density at radius 1 is 1.53 bits per heavy atom. The molecule has 0 aromatic heterocycles. The van der Waals surface area contributed by atoms with Crippen LogP contribution in [0.1, 0.15) is 46.5 Å². The number of carbonyl (C=O) groups excluding carboxylic acids is 1. The van der Waals surface area contributed by atoms with Crippen LogP contribution in [0.25, 0.3) is 0 Å². The second-order valence-electron chi connectivity index (χ2n) is 6.78. The van der Waals surface area contributed by atoms with Gasteiger partial charge in [-0.3, -0.25) is 9.69 Å². The molecule has 96 valence electrons. The van der Waals surface area contributed by atoms with E-state index in [1.807, 2.05) is 6.08 Å². The summed E-state index contributed by atoms with van der Waals surface area (Å²) in [5.74, 6) is 0.792. The lowest BCUT2D eigenvalue weighted by Gasteiger charge is -2.52. The molecule has 1 saturated carbocycles. The predicted molar refractivity (Wildman–Crippen MR) is 70.9 cm³/mol. The summed E-state index contributed by atoms with van der Waals surface area (Å²) < 4.78 is 0. The number of hydrogen-bond acceptors (Lipinski definition) is 2. The van der Waals surface area contributed by atoms with Gasteiger partial charge in [0.15, 0.2) is 0 Å². The van der Waals surface area contributed by atoms with Gasteiger partial charge in [-0.15, -0.1) is 6.58 Å². The predicted octanol–water partition coefficient (Wildman–Crippen LogP) is 3.03. The first-order valence-electron chi connectivity index (χ1n) is 6.79. The number of nitrogens with zero attached hydrogens (tertiary/aromatic N) is 1. The first-order chi connectivity index (χ1) is 7.89. The SMILES string of the molecule is C=CC[C@@]12CCC[C@@H](CN(C(C)(C)C)C1)C2=O. The Morgan fingerprint density at radius 3 is 2.82 bits per heavy atom. The zero-order chi connectivity index (χ0) is 12.7. The van der Waals surface area contributed by atoms with Gasteiger partial charge in [0.1, 0.15) is 5.78 Å². The summed E-state index contributed by atoms with van der Waals surface area (Å²) in [6.45, 7) is 12.5. The Morgan fingerprint density at radius 2 is 2.24 bits per heavy atom. The van der Waals surface area contributed by atoms with Crippen molar-refractivity contribution in [1.82, 2.24) is 4.90 Å². The van der Waals surface area contributed by atoms with Crippen molar-refractivity contribution < 1.29 is 4.79 Å². The second kappa shape index (κ2) is 4.24. The van der Waals surface area contributed by atoms with Crippen molar-refractivity contribution in [3.05, 3.63) is 12.7 Å². The minimum Gasteiger partial charge on any atom is -0.299 e. The van der Waals surface area contributed by atoms with Gasteiger partial charge in [0, 0.05) is 30.0 Å². The third-order valence-electron chi connectivity index (χ3n) is 4.52. The number of piperidine rings is 1. The minimum absolute atomic E-state index is 0.115. The normalized spacial score (nSPS) is 34.8. The monoisotopic (exact) mass is 235 g/mol. The first kappa shape index (κ1) is 12.8. The number of Topliss-reactive ketones (excluding diaryl/α,β-unsaturated/α-hetero) is 1. The Bertz CT molecular complexity index is 328. The molecule has 0 aromatic carbocycles. The van der Waals surface area contributed by atoms with Gasteiger partial charge in [-0.25, -0.2) is 0 Å². The van der Waals surface area contributed by atoms with E-state index in [1.54, 1.807) is 0 Å². The van der Waals surface area contributed by atoms with Crippen LogP contribution in [0.3, 0.4) is 0 Å². The molecule has 2 heteroatoms. The number of likely N-dealkylation sites (tertiary alicyclic amines) is 1. The number of allylic oxidation sites excluding steroid dienone is 1. The van der Waals surface area contributed by atoms with E-state index in [4.69, 9.17) is 0 Å². The van der Waals surface area contributed by atoms with E-state index in [0.29, 0.717) is 5.78 Å². The molecule has 2 bridgehead atoms. The van der Waals surface area contributed by atoms with Crippen LogP contribution < -0.4 is 0 Å². The third kappa shape index (κ3) is 2.20. The fourth-order valence-electron chi connectivity index (χ4n) is 3.46. The van der Waals surface area contributed by atoms with Crippen molar-refractivity contribution in [1.29, 1.82) is 0 Å². The summed E-state index contributed by atoms with van der Waals surface area (Å²) in [7, 11) is 0. The maximum atomic E-state index is 12.5. The van der Waals surface area contributed by atoms with E-state index in [9.17, 15) is 4.79 Å². The highest BCUT2D eigenvalue weighted by Crippen LogP contribution is 2.45. The zero-order valence-electron chi connectivity index (χ0n) is 11.5. The van der Waals surface area contributed by atoms with E-state index >= 15 is 0 Å². The molecule has 0 N–H and O–H groups in total. The van der Waals surface area contributed by atoms with E-state index in [-0.39, 0.29) is 16.9 Å². The Hall–Kier alpha value is -0.630. The quantitative estimate of drug-likeness (QED) is 0.686. The molecule has 2 rings (SSSR count). The van der Waals surface area contributed by atoms with E-state index in [0.717, 1.165) is 32.4 Å². The smallest absolute Gasteiger partial charge is 0.144 e. The molecule has 1 aliphatic heterocycles. The Labute approximate surface area is 105 Å². The minimum atomic E-state index is -0.115. The molecular weight excluding hydrogens is 210 g/mol. The van der Waals surface area contributed by atoms with Gasteiger partial charge in [0.05, 0.1) is 0 Å². The third-order valence-corrected chi connectivity index (χ3v) is 4.52. The molecule has 0 spiro atoms. The lowest BCUT2D eigenvalue weighted by molar-refractivity contribution is -0.147. The standard InChI is InChI=1S/C15H25NO/c1-5-8-15-9-6-7-12(13(15)17)10-16(11-15)14(2,3)4/h5,12H,1,6-11H2,2-4H3/t12-,15+/m0/s1. The van der Waals surface area contributed by atoms with Crippen LogP contribution in [-0.4, -0.2) is 29.3 Å². The fraction of sp³-hybridized carbons (Fsp3) is 0.800. The summed E-state index contributed by atoms with van der Waals surface area (Å²) in [5.41, 5.74) is 0.0545. The molecule has 0 amide bonds. The van der Waals surface area contributed by atoms with Gasteiger partial charge in [0.2, 0.25) is 0 Å². The summed E-state index contributed by atoms with van der Waals surface area (Å²) in [6, 6.07) is 0. The van der Waals surface area contributed by atoms with Gasteiger partial charge >= 0.3 is 0 Å². The summed E-state index contributed by atoms with van der Waals surface area (Å²) in [4.78, 5) is 15.0. The van der Waals surface area contributed by atoms with Crippen LogP contribution in [0.15, 0.2) is 12.7 Å². The highest BCUT2D eigenvalue weighted by molar-refractivity contribution is 5.89. The van der Waals surface area contributed by atoms with Gasteiger partial charge < -0.3 is 0 Å². The lowest BCUT2D eigenvalue weighted by atomic mass is 9.63. The number of hydrogen-bond donors (Lipinski definition) is 0. The summed E-state index contributed by atoms with van der Waals surface area (Å²) in [5, 5.41) is 0. The number of rotatable bonds is 2. The molecule has 0 unspecified atom stereocenters. The molecule has 17 heavy (non-hydrogen) atoms. The van der Waals surface area contributed by atoms with Crippen LogP contribution in [0.5, 0.6) is 0 Å². The van der Waals surface area contributed by atoms with Crippen LogP contribution >= 0.6 is 0 Å². The number of ketones is 1. The molecule has 0 radical (unpaired) electrons. The van der Waals surface area contributed by atoms with Crippen molar-refractivity contribution >= 4 is 5.78 Å². The Balaban J connectivity index is 2.27. The zero-order valence-corrected chi connectivity index (χ0v) is 11.5. The molecule has 1 saturated heterocycles. The fourth-order valence-corrected chi connectivity index (χ4v) is 3.46.